The Kier molecular flexibility index (Phi) is 3.59. The third-order valence-corrected chi connectivity index (χ3v) is 3.19. The summed E-state index contributed by atoms with van der Waals surface area (Å²) in [5.74, 6) is -0.853. The van der Waals surface area contributed by atoms with Gasteiger partial charge in [0, 0.05) is 17.6 Å². The first-order valence-electron chi connectivity index (χ1n) is 5.51. The number of benzene rings is 1. The number of ketones is 1. The number of amides is 1. The summed E-state index contributed by atoms with van der Waals surface area (Å²) in [6.45, 7) is 4.06. The highest BCUT2D eigenvalue weighted by molar-refractivity contribution is 9.10. The summed E-state index contributed by atoms with van der Waals surface area (Å²) in [6.07, 6.45) is 0. The molecule has 0 unspecified atom stereocenters. The SMILES string of the molecule is CCNCCN1C(=O)C(=O)c2cc(Br)ccc21. The van der Waals surface area contributed by atoms with Crippen LogP contribution in [0.2, 0.25) is 0 Å². The van der Waals surface area contributed by atoms with Gasteiger partial charge in [-0.3, -0.25) is 9.59 Å². The largest absolute Gasteiger partial charge is 0.315 e. The van der Waals surface area contributed by atoms with E-state index in [9.17, 15) is 9.59 Å². The smallest absolute Gasteiger partial charge is 0.299 e. The molecule has 1 aliphatic heterocycles. The molecule has 1 aromatic carbocycles. The number of halogens is 1. The molecule has 0 bridgehead atoms. The quantitative estimate of drug-likeness (QED) is 0.678. The lowest BCUT2D eigenvalue weighted by Crippen LogP contribution is -2.35. The maximum absolute atomic E-state index is 11.8. The van der Waals surface area contributed by atoms with Crippen LogP contribution >= 0.6 is 15.9 Å². The normalized spacial score (nSPS) is 14.4. The number of nitrogens with one attached hydrogen (secondary N) is 1. The molecule has 0 radical (unpaired) electrons. The summed E-state index contributed by atoms with van der Waals surface area (Å²) in [5, 5.41) is 3.14. The van der Waals surface area contributed by atoms with Crippen LogP contribution in [-0.4, -0.2) is 31.3 Å². The number of carbonyl (C=O) groups excluding carboxylic acids is 2. The van der Waals surface area contributed by atoms with Crippen LogP contribution in [0.15, 0.2) is 22.7 Å². The van der Waals surface area contributed by atoms with Crippen molar-refractivity contribution in [1.29, 1.82) is 0 Å². The van der Waals surface area contributed by atoms with Crippen LogP contribution < -0.4 is 10.2 Å². The van der Waals surface area contributed by atoms with Gasteiger partial charge in [0.15, 0.2) is 0 Å². The predicted octanol–water partition coefficient (Wildman–Crippen LogP) is 1.59. The molecule has 0 fully saturated rings. The molecule has 0 spiro atoms. The van der Waals surface area contributed by atoms with E-state index in [1.54, 1.807) is 12.1 Å². The summed E-state index contributed by atoms with van der Waals surface area (Å²) >= 11 is 3.30. The number of fused-ring (bicyclic) bond motifs is 1. The highest BCUT2D eigenvalue weighted by atomic mass is 79.9. The monoisotopic (exact) mass is 296 g/mol. The third kappa shape index (κ3) is 2.25. The lowest BCUT2D eigenvalue weighted by Gasteiger charge is -2.16. The van der Waals surface area contributed by atoms with Gasteiger partial charge in [-0.25, -0.2) is 0 Å². The lowest BCUT2D eigenvalue weighted by atomic mass is 10.1. The standard InChI is InChI=1S/C12H13BrN2O2/c1-2-14-5-6-15-10-4-3-8(13)7-9(10)11(16)12(15)17/h3-4,7,14H,2,5-6H2,1H3. The Balaban J connectivity index is 2.25. The van der Waals surface area contributed by atoms with Crippen molar-refractivity contribution in [2.45, 2.75) is 6.92 Å². The minimum atomic E-state index is -0.434. The zero-order valence-corrected chi connectivity index (χ0v) is 11.1. The van der Waals surface area contributed by atoms with Crippen molar-refractivity contribution < 1.29 is 9.59 Å². The van der Waals surface area contributed by atoms with Crippen LogP contribution in [0, 0.1) is 0 Å². The van der Waals surface area contributed by atoms with E-state index in [4.69, 9.17) is 0 Å². The maximum Gasteiger partial charge on any atom is 0.299 e. The zero-order chi connectivity index (χ0) is 12.4. The van der Waals surface area contributed by atoms with Crippen LogP contribution in [0.5, 0.6) is 0 Å². The molecular weight excluding hydrogens is 284 g/mol. The topological polar surface area (TPSA) is 49.4 Å². The van der Waals surface area contributed by atoms with Crippen LogP contribution in [0.4, 0.5) is 5.69 Å². The van der Waals surface area contributed by atoms with Gasteiger partial charge in [0.1, 0.15) is 0 Å². The number of nitrogens with zero attached hydrogens (tertiary/aromatic N) is 1. The van der Waals surface area contributed by atoms with Crippen LogP contribution in [0.1, 0.15) is 17.3 Å². The fraction of sp³-hybridized carbons (Fsp3) is 0.333. The van der Waals surface area contributed by atoms with Crippen molar-refractivity contribution in [2.24, 2.45) is 0 Å². The molecule has 17 heavy (non-hydrogen) atoms. The number of rotatable bonds is 4. The van der Waals surface area contributed by atoms with E-state index in [1.807, 2.05) is 13.0 Å². The van der Waals surface area contributed by atoms with Crippen molar-refractivity contribution in [1.82, 2.24) is 5.32 Å². The number of Topliss-reactive ketones (excluding diaryl/α,β-unsaturated/α-hetero) is 1. The van der Waals surface area contributed by atoms with E-state index < -0.39 is 11.7 Å². The minimum absolute atomic E-state index is 0.419. The Morgan fingerprint density at radius 3 is 2.82 bits per heavy atom. The molecule has 0 saturated carbocycles. The van der Waals surface area contributed by atoms with Crippen LogP contribution in [-0.2, 0) is 4.79 Å². The minimum Gasteiger partial charge on any atom is -0.315 e. The first-order valence-corrected chi connectivity index (χ1v) is 6.31. The fourth-order valence-corrected chi connectivity index (χ4v) is 2.22. The second-order valence-electron chi connectivity index (χ2n) is 3.80. The van der Waals surface area contributed by atoms with Crippen molar-refractivity contribution in [2.75, 3.05) is 24.5 Å². The van der Waals surface area contributed by atoms with Crippen LogP contribution in [0.25, 0.3) is 0 Å². The Morgan fingerprint density at radius 2 is 2.12 bits per heavy atom. The molecule has 1 heterocycles. The third-order valence-electron chi connectivity index (χ3n) is 2.70. The number of hydrogen-bond acceptors (Lipinski definition) is 3. The summed E-state index contributed by atoms with van der Waals surface area (Å²) in [5.41, 5.74) is 1.20. The van der Waals surface area contributed by atoms with Crippen LogP contribution in [0.3, 0.4) is 0 Å². The van der Waals surface area contributed by atoms with Crippen molar-refractivity contribution >= 4 is 33.3 Å². The molecule has 1 amide bonds. The summed E-state index contributed by atoms with van der Waals surface area (Å²) in [6, 6.07) is 5.34. The summed E-state index contributed by atoms with van der Waals surface area (Å²) < 4.78 is 0.811. The van der Waals surface area contributed by atoms with Gasteiger partial charge in [-0.2, -0.15) is 0 Å². The van der Waals surface area contributed by atoms with Crippen molar-refractivity contribution in [3.8, 4) is 0 Å². The number of likely N-dealkylation sites (N-methyl/N-ethyl adjacent to an activating group) is 1. The predicted molar refractivity (Wildman–Crippen MR) is 69.4 cm³/mol. The highest BCUT2D eigenvalue weighted by Crippen LogP contribution is 2.30. The number of hydrogen-bond donors (Lipinski definition) is 1. The Hall–Kier alpha value is -1.20. The maximum atomic E-state index is 11.8. The molecule has 0 aliphatic carbocycles. The molecule has 2 rings (SSSR count). The highest BCUT2D eigenvalue weighted by Gasteiger charge is 2.35. The second kappa shape index (κ2) is 4.98. The van der Waals surface area contributed by atoms with Crippen molar-refractivity contribution in [3.63, 3.8) is 0 Å². The molecular formula is C12H13BrN2O2. The Labute approximate surface area is 108 Å². The summed E-state index contributed by atoms with van der Waals surface area (Å²) in [4.78, 5) is 25.1. The molecule has 0 atom stereocenters. The van der Waals surface area contributed by atoms with E-state index in [1.165, 1.54) is 4.90 Å². The molecule has 1 aromatic rings. The van der Waals surface area contributed by atoms with Gasteiger partial charge >= 0.3 is 0 Å². The van der Waals surface area contributed by atoms with Gasteiger partial charge in [-0.15, -0.1) is 0 Å². The van der Waals surface area contributed by atoms with Gasteiger partial charge in [-0.1, -0.05) is 22.9 Å². The molecule has 0 aromatic heterocycles. The lowest BCUT2D eigenvalue weighted by molar-refractivity contribution is -0.114. The van der Waals surface area contributed by atoms with E-state index in [-0.39, 0.29) is 0 Å². The van der Waals surface area contributed by atoms with E-state index in [0.717, 1.165) is 11.0 Å². The molecule has 0 saturated heterocycles. The summed E-state index contributed by atoms with van der Waals surface area (Å²) in [7, 11) is 0. The van der Waals surface area contributed by atoms with Gasteiger partial charge in [0.2, 0.25) is 0 Å². The van der Waals surface area contributed by atoms with Crippen molar-refractivity contribution in [3.05, 3.63) is 28.2 Å². The van der Waals surface area contributed by atoms with Gasteiger partial charge in [-0.05, 0) is 24.7 Å². The zero-order valence-electron chi connectivity index (χ0n) is 9.50. The van der Waals surface area contributed by atoms with E-state index in [0.29, 0.717) is 24.3 Å². The van der Waals surface area contributed by atoms with E-state index >= 15 is 0 Å². The first kappa shape index (κ1) is 12.3. The average Bonchev–Trinajstić information content (AvgIpc) is 2.54. The first-order chi connectivity index (χ1) is 8.15. The van der Waals surface area contributed by atoms with Gasteiger partial charge in [0.25, 0.3) is 11.7 Å². The Bertz CT molecular complexity index is 474. The number of carbonyl (C=O) groups is 2. The molecule has 5 heteroatoms. The molecule has 1 aliphatic rings. The number of anilines is 1. The molecule has 90 valence electrons. The van der Waals surface area contributed by atoms with Gasteiger partial charge in [0.05, 0.1) is 11.3 Å². The second-order valence-corrected chi connectivity index (χ2v) is 4.72. The molecule has 1 N–H and O–H groups in total. The fourth-order valence-electron chi connectivity index (χ4n) is 1.86. The van der Waals surface area contributed by atoms with Gasteiger partial charge < -0.3 is 10.2 Å². The molecule has 4 nitrogen and oxygen atoms in total. The Morgan fingerprint density at radius 1 is 1.35 bits per heavy atom. The average molecular weight is 297 g/mol. The van der Waals surface area contributed by atoms with E-state index in [2.05, 4.69) is 21.2 Å².